The van der Waals surface area contributed by atoms with Gasteiger partial charge in [0.1, 0.15) is 11.6 Å². The minimum Gasteiger partial charge on any atom is -0.376 e. The molecular weight excluding hydrogens is 303 g/mol. The standard InChI is InChI=1S/C15H13Cl2F2N/c1-8-3-4-10(5-14(8)19)9(2)20-15-12(16)6-11(18)7-13(15)17/h3-7,9,20H,1-2H3. The molecule has 0 saturated heterocycles. The molecule has 0 heterocycles. The van der Waals surface area contributed by atoms with Gasteiger partial charge in [-0.05, 0) is 43.2 Å². The molecule has 2 rings (SSSR count). The summed E-state index contributed by atoms with van der Waals surface area (Å²) < 4.78 is 26.7. The lowest BCUT2D eigenvalue weighted by Crippen LogP contribution is -2.08. The van der Waals surface area contributed by atoms with Crippen molar-refractivity contribution in [2.45, 2.75) is 19.9 Å². The lowest BCUT2D eigenvalue weighted by atomic mass is 10.1. The highest BCUT2D eigenvalue weighted by molar-refractivity contribution is 6.39. The zero-order valence-corrected chi connectivity index (χ0v) is 12.5. The molecule has 106 valence electrons. The van der Waals surface area contributed by atoms with Crippen LogP contribution in [0.1, 0.15) is 24.1 Å². The van der Waals surface area contributed by atoms with Gasteiger partial charge in [0.25, 0.3) is 0 Å². The van der Waals surface area contributed by atoms with Crippen LogP contribution in [0.2, 0.25) is 10.0 Å². The van der Waals surface area contributed by atoms with E-state index in [0.717, 1.165) is 5.56 Å². The Balaban J connectivity index is 2.27. The maximum Gasteiger partial charge on any atom is 0.126 e. The van der Waals surface area contributed by atoms with Crippen LogP contribution in [0, 0.1) is 18.6 Å². The van der Waals surface area contributed by atoms with Gasteiger partial charge in [0, 0.05) is 6.04 Å². The fourth-order valence-electron chi connectivity index (χ4n) is 1.86. The van der Waals surface area contributed by atoms with E-state index in [0.29, 0.717) is 11.3 Å². The molecule has 0 aliphatic rings. The Morgan fingerprint density at radius 1 is 1.05 bits per heavy atom. The van der Waals surface area contributed by atoms with Crippen LogP contribution in [-0.2, 0) is 0 Å². The highest BCUT2D eigenvalue weighted by Gasteiger charge is 2.13. The summed E-state index contributed by atoms with van der Waals surface area (Å²) in [4.78, 5) is 0. The second-order valence-electron chi connectivity index (χ2n) is 4.62. The maximum absolute atomic E-state index is 13.6. The van der Waals surface area contributed by atoms with E-state index in [-0.39, 0.29) is 21.9 Å². The van der Waals surface area contributed by atoms with Crippen molar-refractivity contribution in [1.82, 2.24) is 0 Å². The average Bonchev–Trinajstić information content (AvgIpc) is 2.36. The molecular formula is C15H13Cl2F2N. The molecule has 0 radical (unpaired) electrons. The number of hydrogen-bond donors (Lipinski definition) is 1. The lowest BCUT2D eigenvalue weighted by molar-refractivity contribution is 0.614. The van der Waals surface area contributed by atoms with Crippen molar-refractivity contribution >= 4 is 28.9 Å². The van der Waals surface area contributed by atoms with Crippen LogP contribution in [-0.4, -0.2) is 0 Å². The second-order valence-corrected chi connectivity index (χ2v) is 5.43. The van der Waals surface area contributed by atoms with Crippen LogP contribution in [0.3, 0.4) is 0 Å². The number of benzene rings is 2. The van der Waals surface area contributed by atoms with E-state index in [1.807, 2.05) is 13.0 Å². The fraction of sp³-hybridized carbons (Fsp3) is 0.200. The summed E-state index contributed by atoms with van der Waals surface area (Å²) in [5.74, 6) is -0.771. The van der Waals surface area contributed by atoms with Crippen molar-refractivity contribution in [3.63, 3.8) is 0 Å². The van der Waals surface area contributed by atoms with Gasteiger partial charge in [-0.25, -0.2) is 8.78 Å². The Hall–Kier alpha value is -1.32. The summed E-state index contributed by atoms with van der Waals surface area (Å²) in [6.45, 7) is 3.55. The smallest absolute Gasteiger partial charge is 0.126 e. The summed E-state index contributed by atoms with van der Waals surface area (Å²) in [5.41, 5.74) is 1.77. The highest BCUT2D eigenvalue weighted by atomic mass is 35.5. The highest BCUT2D eigenvalue weighted by Crippen LogP contribution is 2.34. The van der Waals surface area contributed by atoms with Gasteiger partial charge in [0.15, 0.2) is 0 Å². The first-order valence-electron chi connectivity index (χ1n) is 6.05. The van der Waals surface area contributed by atoms with Gasteiger partial charge in [0.05, 0.1) is 15.7 Å². The van der Waals surface area contributed by atoms with Crippen LogP contribution in [0.25, 0.3) is 0 Å². The van der Waals surface area contributed by atoms with Gasteiger partial charge < -0.3 is 5.32 Å². The topological polar surface area (TPSA) is 12.0 Å². The van der Waals surface area contributed by atoms with Crippen LogP contribution in [0.15, 0.2) is 30.3 Å². The van der Waals surface area contributed by atoms with E-state index < -0.39 is 5.82 Å². The van der Waals surface area contributed by atoms with E-state index >= 15 is 0 Å². The molecule has 0 spiro atoms. The molecule has 5 heteroatoms. The number of nitrogens with one attached hydrogen (secondary N) is 1. The third-order valence-electron chi connectivity index (χ3n) is 3.06. The summed E-state index contributed by atoms with van der Waals surface area (Å²) in [6, 6.07) is 7.12. The number of aryl methyl sites for hydroxylation is 1. The lowest BCUT2D eigenvalue weighted by Gasteiger charge is -2.18. The van der Waals surface area contributed by atoms with E-state index in [4.69, 9.17) is 23.2 Å². The molecule has 0 bridgehead atoms. The minimum atomic E-state index is -0.500. The van der Waals surface area contributed by atoms with E-state index in [1.54, 1.807) is 13.0 Å². The van der Waals surface area contributed by atoms with Crippen LogP contribution in [0.4, 0.5) is 14.5 Å². The molecule has 0 aliphatic carbocycles. The van der Waals surface area contributed by atoms with Gasteiger partial charge in [-0.1, -0.05) is 35.3 Å². The molecule has 2 aromatic rings. The van der Waals surface area contributed by atoms with Gasteiger partial charge in [0.2, 0.25) is 0 Å². The normalized spacial score (nSPS) is 12.3. The molecule has 1 nitrogen and oxygen atoms in total. The number of hydrogen-bond acceptors (Lipinski definition) is 1. The molecule has 0 aliphatic heterocycles. The molecule has 1 unspecified atom stereocenters. The maximum atomic E-state index is 13.6. The number of rotatable bonds is 3. The van der Waals surface area contributed by atoms with Crippen LogP contribution < -0.4 is 5.32 Å². The average molecular weight is 316 g/mol. The Kier molecular flexibility index (Phi) is 4.51. The van der Waals surface area contributed by atoms with Crippen molar-refractivity contribution in [3.05, 3.63) is 63.1 Å². The van der Waals surface area contributed by atoms with Crippen molar-refractivity contribution in [1.29, 1.82) is 0 Å². The summed E-state index contributed by atoms with van der Waals surface area (Å²) in [7, 11) is 0. The third-order valence-corrected chi connectivity index (χ3v) is 3.66. The Labute approximate surface area is 126 Å². The van der Waals surface area contributed by atoms with Gasteiger partial charge in [-0.2, -0.15) is 0 Å². The molecule has 1 atom stereocenters. The largest absolute Gasteiger partial charge is 0.376 e. The molecule has 2 aromatic carbocycles. The predicted molar refractivity (Wildman–Crippen MR) is 79.6 cm³/mol. The van der Waals surface area contributed by atoms with Crippen molar-refractivity contribution < 1.29 is 8.78 Å². The van der Waals surface area contributed by atoms with Crippen molar-refractivity contribution in [2.75, 3.05) is 5.32 Å². The second kappa shape index (κ2) is 5.98. The molecule has 0 amide bonds. The first-order valence-corrected chi connectivity index (χ1v) is 6.81. The third kappa shape index (κ3) is 3.22. The monoisotopic (exact) mass is 315 g/mol. The summed E-state index contributed by atoms with van der Waals surface area (Å²) in [5, 5.41) is 3.45. The number of halogens is 4. The first kappa shape index (κ1) is 15.1. The van der Waals surface area contributed by atoms with Gasteiger partial charge in [-0.15, -0.1) is 0 Å². The molecule has 0 saturated carbocycles. The van der Waals surface area contributed by atoms with Gasteiger partial charge >= 0.3 is 0 Å². The molecule has 1 N–H and O–H groups in total. The van der Waals surface area contributed by atoms with Gasteiger partial charge in [-0.3, -0.25) is 0 Å². The predicted octanol–water partition coefficient (Wildman–Crippen LogP) is 5.75. The fourth-order valence-corrected chi connectivity index (χ4v) is 2.43. The Morgan fingerprint density at radius 2 is 1.65 bits per heavy atom. The quantitative estimate of drug-likeness (QED) is 0.760. The molecule has 0 fully saturated rings. The van der Waals surface area contributed by atoms with Crippen molar-refractivity contribution in [2.24, 2.45) is 0 Å². The number of anilines is 1. The summed E-state index contributed by atoms with van der Waals surface area (Å²) in [6.07, 6.45) is 0. The zero-order valence-electron chi connectivity index (χ0n) is 11.0. The Bertz CT molecular complexity index is 621. The van der Waals surface area contributed by atoms with E-state index in [9.17, 15) is 8.78 Å². The van der Waals surface area contributed by atoms with Crippen LogP contribution in [0.5, 0.6) is 0 Å². The minimum absolute atomic E-state index is 0.189. The first-order chi connectivity index (χ1) is 9.38. The van der Waals surface area contributed by atoms with E-state index in [2.05, 4.69) is 5.32 Å². The molecule has 0 aromatic heterocycles. The zero-order chi connectivity index (χ0) is 14.9. The van der Waals surface area contributed by atoms with E-state index in [1.165, 1.54) is 18.2 Å². The molecule has 20 heavy (non-hydrogen) atoms. The SMILES string of the molecule is Cc1ccc(C(C)Nc2c(Cl)cc(F)cc2Cl)cc1F. The summed E-state index contributed by atoms with van der Waals surface area (Å²) >= 11 is 11.9. The van der Waals surface area contributed by atoms with Crippen LogP contribution >= 0.6 is 23.2 Å². The van der Waals surface area contributed by atoms with Crippen molar-refractivity contribution in [3.8, 4) is 0 Å². The Morgan fingerprint density at radius 3 is 2.20 bits per heavy atom.